The minimum atomic E-state index is -5.78. The number of carbonyl (C=O) groups excluding carboxylic acids is 2. The molecule has 0 heterocycles. The SMILES string of the molecule is CC.COC(=O)CC1CCC2C3=CC=C(OS(=O)(=O)C(F)(F)F)C3(C)CCC2C1(C)CC(=O)OC. The van der Waals surface area contributed by atoms with Crippen molar-refractivity contribution in [2.45, 2.75) is 71.7 Å². The molecule has 2 saturated carbocycles. The lowest BCUT2D eigenvalue weighted by atomic mass is 9.48. The van der Waals surface area contributed by atoms with E-state index >= 15 is 0 Å². The molecule has 11 heteroatoms. The standard InChI is InChI=1S/C22H29F3O7S.C2H6/c1-20-10-9-16-14(15(20)7-8-17(20)32-33(28,29)22(23,24)25)6-5-13(11-18(26)30-3)21(16,2)12-19(27)31-4;1-2/h7-8,13-14,16H,5-6,9-12H2,1-4H3;1-2H3. The van der Waals surface area contributed by atoms with Crippen molar-refractivity contribution in [1.29, 1.82) is 0 Å². The Kier molecular flexibility index (Phi) is 8.78. The van der Waals surface area contributed by atoms with E-state index in [2.05, 4.69) is 4.18 Å². The predicted octanol–water partition coefficient (Wildman–Crippen LogP) is 5.28. The molecule has 0 N–H and O–H groups in total. The van der Waals surface area contributed by atoms with Gasteiger partial charge in [0.15, 0.2) is 0 Å². The average Bonchev–Trinajstić information content (AvgIpc) is 3.11. The summed E-state index contributed by atoms with van der Waals surface area (Å²) in [6.07, 6.45) is 5.33. The molecular formula is C24H35F3O7S. The molecule has 2 fully saturated rings. The van der Waals surface area contributed by atoms with Gasteiger partial charge in [-0.05, 0) is 61.9 Å². The highest BCUT2D eigenvalue weighted by atomic mass is 32.2. The van der Waals surface area contributed by atoms with Crippen molar-refractivity contribution in [3.05, 3.63) is 23.5 Å². The highest BCUT2D eigenvalue weighted by Gasteiger charge is 2.58. The van der Waals surface area contributed by atoms with Gasteiger partial charge < -0.3 is 13.7 Å². The van der Waals surface area contributed by atoms with Crippen LogP contribution in [0.2, 0.25) is 0 Å². The van der Waals surface area contributed by atoms with Crippen molar-refractivity contribution in [3.63, 3.8) is 0 Å². The van der Waals surface area contributed by atoms with Crippen LogP contribution in [0.4, 0.5) is 13.2 Å². The van der Waals surface area contributed by atoms with Gasteiger partial charge in [0.25, 0.3) is 0 Å². The lowest BCUT2D eigenvalue weighted by Gasteiger charge is -2.56. The second-order valence-electron chi connectivity index (χ2n) is 9.53. The molecule has 0 radical (unpaired) electrons. The Labute approximate surface area is 205 Å². The maximum absolute atomic E-state index is 12.9. The van der Waals surface area contributed by atoms with E-state index in [1.54, 1.807) is 13.0 Å². The Bertz CT molecular complexity index is 986. The van der Waals surface area contributed by atoms with Gasteiger partial charge in [0, 0.05) is 11.8 Å². The fourth-order valence-electron chi connectivity index (χ4n) is 6.06. The van der Waals surface area contributed by atoms with E-state index in [1.807, 2.05) is 20.8 Å². The van der Waals surface area contributed by atoms with E-state index in [0.717, 1.165) is 5.57 Å². The maximum Gasteiger partial charge on any atom is 0.534 e. The first-order chi connectivity index (χ1) is 16.2. The Morgan fingerprint density at radius 1 is 1.03 bits per heavy atom. The summed E-state index contributed by atoms with van der Waals surface area (Å²) >= 11 is 0. The summed E-state index contributed by atoms with van der Waals surface area (Å²) in [6.45, 7) is 7.64. The molecule has 7 nitrogen and oxygen atoms in total. The number of hydrogen-bond acceptors (Lipinski definition) is 7. The van der Waals surface area contributed by atoms with Crippen LogP contribution in [-0.2, 0) is 33.4 Å². The van der Waals surface area contributed by atoms with Crippen LogP contribution in [0.15, 0.2) is 23.5 Å². The first-order valence-corrected chi connectivity index (χ1v) is 13.2. The fraction of sp³-hybridized carbons (Fsp3) is 0.750. The molecule has 3 aliphatic rings. The number of hydrogen-bond donors (Lipinski definition) is 0. The number of esters is 2. The van der Waals surface area contributed by atoms with Crippen LogP contribution >= 0.6 is 0 Å². The van der Waals surface area contributed by atoms with Crippen molar-refractivity contribution < 1.29 is 44.8 Å². The number of methoxy groups -OCH3 is 2. The topological polar surface area (TPSA) is 96.0 Å². The van der Waals surface area contributed by atoms with E-state index < -0.39 is 32.4 Å². The number of halogens is 3. The normalized spacial score (nSPS) is 32.1. The first kappa shape index (κ1) is 29.2. The van der Waals surface area contributed by atoms with Crippen molar-refractivity contribution in [1.82, 2.24) is 0 Å². The zero-order chi connectivity index (χ0) is 26.8. The molecule has 0 aromatic carbocycles. The van der Waals surface area contributed by atoms with Crippen molar-refractivity contribution in [2.24, 2.45) is 28.6 Å². The number of allylic oxidation sites excluding steroid dienone is 3. The van der Waals surface area contributed by atoms with Gasteiger partial charge in [-0.3, -0.25) is 9.59 Å². The van der Waals surface area contributed by atoms with Gasteiger partial charge in [-0.2, -0.15) is 21.6 Å². The lowest BCUT2D eigenvalue weighted by Crippen LogP contribution is -2.50. The molecule has 5 unspecified atom stereocenters. The second-order valence-corrected chi connectivity index (χ2v) is 11.1. The van der Waals surface area contributed by atoms with Gasteiger partial charge >= 0.3 is 27.6 Å². The van der Waals surface area contributed by atoms with Crippen LogP contribution in [0.5, 0.6) is 0 Å². The van der Waals surface area contributed by atoms with Crippen molar-refractivity contribution in [3.8, 4) is 0 Å². The average molecular weight is 525 g/mol. The smallest absolute Gasteiger partial charge is 0.469 e. The minimum absolute atomic E-state index is 0.0497. The molecule has 3 aliphatic carbocycles. The molecule has 0 aromatic rings. The van der Waals surface area contributed by atoms with Crippen molar-refractivity contribution >= 4 is 22.1 Å². The van der Waals surface area contributed by atoms with Crippen LogP contribution in [0.3, 0.4) is 0 Å². The molecule has 0 saturated heterocycles. The number of ether oxygens (including phenoxy) is 2. The molecular weight excluding hydrogens is 489 g/mol. The summed E-state index contributed by atoms with van der Waals surface area (Å²) in [5.74, 6) is -1.29. The Morgan fingerprint density at radius 3 is 2.17 bits per heavy atom. The summed E-state index contributed by atoms with van der Waals surface area (Å²) in [4.78, 5) is 24.3. The Balaban J connectivity index is 0.00000210. The van der Waals surface area contributed by atoms with E-state index in [1.165, 1.54) is 20.3 Å². The molecule has 0 amide bonds. The molecule has 0 spiro atoms. The molecule has 200 valence electrons. The summed E-state index contributed by atoms with van der Waals surface area (Å²) in [5.41, 5.74) is -6.30. The van der Waals surface area contributed by atoms with E-state index in [4.69, 9.17) is 9.47 Å². The van der Waals surface area contributed by atoms with Crippen LogP contribution < -0.4 is 0 Å². The summed E-state index contributed by atoms with van der Waals surface area (Å²) in [5, 5.41) is 0. The summed E-state index contributed by atoms with van der Waals surface area (Å²) in [7, 11) is -3.17. The third-order valence-corrected chi connectivity index (χ3v) is 8.88. The number of rotatable bonds is 6. The molecule has 5 atom stereocenters. The van der Waals surface area contributed by atoms with Gasteiger partial charge in [-0.25, -0.2) is 0 Å². The van der Waals surface area contributed by atoms with Gasteiger partial charge in [-0.15, -0.1) is 0 Å². The fourth-order valence-corrected chi connectivity index (χ4v) is 6.63. The number of alkyl halides is 3. The first-order valence-electron chi connectivity index (χ1n) is 11.8. The quantitative estimate of drug-likeness (QED) is 0.265. The number of carbonyl (C=O) groups is 2. The maximum atomic E-state index is 12.9. The van der Waals surface area contributed by atoms with Crippen LogP contribution in [0.25, 0.3) is 0 Å². The Morgan fingerprint density at radius 2 is 1.63 bits per heavy atom. The third kappa shape index (κ3) is 5.39. The minimum Gasteiger partial charge on any atom is -0.469 e. The monoisotopic (exact) mass is 524 g/mol. The highest BCUT2D eigenvalue weighted by Crippen LogP contribution is 2.64. The largest absolute Gasteiger partial charge is 0.534 e. The molecule has 35 heavy (non-hydrogen) atoms. The molecule has 0 bridgehead atoms. The van der Waals surface area contributed by atoms with E-state index in [9.17, 15) is 31.2 Å². The van der Waals surface area contributed by atoms with Crippen molar-refractivity contribution in [2.75, 3.05) is 14.2 Å². The van der Waals surface area contributed by atoms with Gasteiger partial charge in [0.1, 0.15) is 5.76 Å². The lowest BCUT2D eigenvalue weighted by molar-refractivity contribution is -0.153. The summed E-state index contributed by atoms with van der Waals surface area (Å²) < 4.78 is 76.3. The van der Waals surface area contributed by atoms with E-state index in [0.29, 0.717) is 25.7 Å². The second kappa shape index (κ2) is 10.5. The zero-order valence-corrected chi connectivity index (χ0v) is 21.8. The Hall–Kier alpha value is -2.04. The molecule has 3 rings (SSSR count). The van der Waals surface area contributed by atoms with Gasteiger partial charge in [0.2, 0.25) is 0 Å². The molecule has 0 aliphatic heterocycles. The van der Waals surface area contributed by atoms with Crippen LogP contribution in [-0.4, -0.2) is 40.1 Å². The highest BCUT2D eigenvalue weighted by molar-refractivity contribution is 7.87. The predicted molar refractivity (Wildman–Crippen MR) is 122 cm³/mol. The van der Waals surface area contributed by atoms with Gasteiger partial charge in [0.05, 0.1) is 20.6 Å². The summed E-state index contributed by atoms with van der Waals surface area (Å²) in [6, 6.07) is 0. The number of fused-ring (bicyclic) bond motifs is 3. The third-order valence-electron chi connectivity index (χ3n) is 7.92. The van der Waals surface area contributed by atoms with Crippen LogP contribution in [0, 0.1) is 28.6 Å². The van der Waals surface area contributed by atoms with Gasteiger partial charge in [-0.1, -0.05) is 32.4 Å². The van der Waals surface area contributed by atoms with E-state index in [-0.39, 0.29) is 42.3 Å². The zero-order valence-electron chi connectivity index (χ0n) is 21.0. The molecule has 0 aromatic heterocycles. The van der Waals surface area contributed by atoms with Crippen LogP contribution in [0.1, 0.15) is 66.2 Å².